The van der Waals surface area contributed by atoms with Crippen LogP contribution in [0.25, 0.3) is 5.65 Å². The number of carbonyl (C=O) groups excluding carboxylic acids is 1. The second kappa shape index (κ2) is 9.11. The Morgan fingerprint density at radius 3 is 2.62 bits per heavy atom. The lowest BCUT2D eigenvalue weighted by Gasteiger charge is -2.37. The minimum Gasteiger partial charge on any atom is -0.342 e. The number of aromatic nitrogens is 3. The monoisotopic (exact) mass is 481 g/mol. The molecule has 0 unspecified atom stereocenters. The van der Waals surface area contributed by atoms with Crippen LogP contribution < -0.4 is 0 Å². The molecule has 1 amide bonds. The molecule has 0 aliphatic carbocycles. The van der Waals surface area contributed by atoms with Crippen LogP contribution in [0, 0.1) is 19.8 Å². The van der Waals surface area contributed by atoms with Gasteiger partial charge in [-0.3, -0.25) is 9.20 Å². The summed E-state index contributed by atoms with van der Waals surface area (Å²) in [4.78, 5) is 15.7. The lowest BCUT2D eigenvalue weighted by Crippen LogP contribution is -2.49. The first-order valence-electron chi connectivity index (χ1n) is 12.0. The van der Waals surface area contributed by atoms with Crippen molar-refractivity contribution in [3.63, 3.8) is 0 Å². The van der Waals surface area contributed by atoms with Crippen LogP contribution in [-0.4, -0.2) is 64.3 Å². The van der Waals surface area contributed by atoms with Gasteiger partial charge in [0.05, 0.1) is 10.8 Å². The molecule has 5 rings (SSSR count). The molecule has 4 heterocycles. The SMILES string of the molecule is Cc1ccc(S(=O)(=O)N2CCC[C@H](C(=O)N3CCC[C@@H](c4nnc5ccccn45)C3)C2)cc1C. The van der Waals surface area contributed by atoms with E-state index in [1.165, 1.54) is 4.31 Å². The summed E-state index contributed by atoms with van der Waals surface area (Å²) >= 11 is 0. The Morgan fingerprint density at radius 1 is 0.971 bits per heavy atom. The number of aryl methyl sites for hydroxylation is 2. The maximum absolute atomic E-state index is 13.5. The number of benzene rings is 1. The summed E-state index contributed by atoms with van der Waals surface area (Å²) in [5, 5.41) is 8.67. The van der Waals surface area contributed by atoms with Crippen molar-refractivity contribution in [1.29, 1.82) is 0 Å². The number of nitrogens with zero attached hydrogens (tertiary/aromatic N) is 5. The van der Waals surface area contributed by atoms with E-state index in [1.807, 2.05) is 53.6 Å². The fraction of sp³-hybridized carbons (Fsp3) is 0.480. The van der Waals surface area contributed by atoms with E-state index in [9.17, 15) is 13.2 Å². The van der Waals surface area contributed by atoms with Crippen molar-refractivity contribution < 1.29 is 13.2 Å². The molecule has 2 aromatic heterocycles. The number of hydrogen-bond acceptors (Lipinski definition) is 5. The number of rotatable bonds is 4. The summed E-state index contributed by atoms with van der Waals surface area (Å²) < 4.78 is 30.1. The van der Waals surface area contributed by atoms with Crippen LogP contribution in [0.5, 0.6) is 0 Å². The number of hydrogen-bond donors (Lipinski definition) is 0. The molecule has 2 aliphatic rings. The normalized spacial score (nSPS) is 22.2. The van der Waals surface area contributed by atoms with Crippen molar-refractivity contribution in [3.8, 4) is 0 Å². The third kappa shape index (κ3) is 4.22. The van der Waals surface area contributed by atoms with Gasteiger partial charge in [0.25, 0.3) is 0 Å². The van der Waals surface area contributed by atoms with Gasteiger partial charge < -0.3 is 4.90 Å². The van der Waals surface area contributed by atoms with Gasteiger partial charge in [-0.05, 0) is 74.9 Å². The number of carbonyl (C=O) groups is 1. The molecule has 3 aromatic rings. The van der Waals surface area contributed by atoms with Gasteiger partial charge >= 0.3 is 0 Å². The Balaban J connectivity index is 1.31. The fourth-order valence-corrected chi connectivity index (χ4v) is 6.78. The Hall–Kier alpha value is -2.78. The van der Waals surface area contributed by atoms with E-state index in [2.05, 4.69) is 10.2 Å². The molecule has 2 atom stereocenters. The molecule has 0 radical (unpaired) electrons. The van der Waals surface area contributed by atoms with Crippen molar-refractivity contribution in [2.24, 2.45) is 5.92 Å². The maximum Gasteiger partial charge on any atom is 0.243 e. The number of piperidine rings is 2. The van der Waals surface area contributed by atoms with Gasteiger partial charge in [0.1, 0.15) is 5.82 Å². The van der Waals surface area contributed by atoms with E-state index in [-0.39, 0.29) is 24.3 Å². The van der Waals surface area contributed by atoms with E-state index in [1.54, 1.807) is 12.1 Å². The average Bonchev–Trinajstić information content (AvgIpc) is 3.29. The summed E-state index contributed by atoms with van der Waals surface area (Å²) in [5.74, 6) is 0.743. The van der Waals surface area contributed by atoms with Crippen molar-refractivity contribution >= 4 is 21.6 Å². The number of amides is 1. The van der Waals surface area contributed by atoms with Gasteiger partial charge in [-0.2, -0.15) is 4.31 Å². The summed E-state index contributed by atoms with van der Waals surface area (Å²) in [6, 6.07) is 11.1. The summed E-state index contributed by atoms with van der Waals surface area (Å²) in [6.45, 7) is 5.87. The van der Waals surface area contributed by atoms with E-state index in [0.717, 1.165) is 35.4 Å². The van der Waals surface area contributed by atoms with Crippen molar-refractivity contribution in [1.82, 2.24) is 23.8 Å². The lowest BCUT2D eigenvalue weighted by molar-refractivity contribution is -0.138. The molecule has 2 fully saturated rings. The maximum atomic E-state index is 13.5. The number of pyridine rings is 1. The lowest BCUT2D eigenvalue weighted by atomic mass is 9.93. The zero-order valence-corrected chi connectivity index (χ0v) is 20.5. The van der Waals surface area contributed by atoms with E-state index in [4.69, 9.17) is 0 Å². The number of fused-ring (bicyclic) bond motifs is 1. The van der Waals surface area contributed by atoms with Gasteiger partial charge in [-0.25, -0.2) is 8.42 Å². The second-order valence-corrected chi connectivity index (χ2v) is 11.5. The molecule has 0 N–H and O–H groups in total. The average molecular weight is 482 g/mol. The van der Waals surface area contributed by atoms with E-state index in [0.29, 0.717) is 37.4 Å². The van der Waals surface area contributed by atoms with Crippen LogP contribution in [0.3, 0.4) is 0 Å². The first kappa shape index (κ1) is 23.0. The summed E-state index contributed by atoms with van der Waals surface area (Å²) in [5.41, 5.74) is 2.82. The minimum absolute atomic E-state index is 0.0542. The molecular formula is C25H31N5O3S. The minimum atomic E-state index is -3.63. The molecule has 0 saturated carbocycles. The first-order chi connectivity index (χ1) is 16.3. The molecular weight excluding hydrogens is 450 g/mol. The first-order valence-corrected chi connectivity index (χ1v) is 13.4. The molecule has 180 valence electrons. The summed E-state index contributed by atoms with van der Waals surface area (Å²) in [7, 11) is -3.63. The molecule has 0 bridgehead atoms. The van der Waals surface area contributed by atoms with Crippen LogP contribution >= 0.6 is 0 Å². The van der Waals surface area contributed by atoms with Crippen molar-refractivity contribution in [3.05, 3.63) is 59.5 Å². The van der Waals surface area contributed by atoms with Crippen LogP contribution in [0.1, 0.15) is 48.6 Å². The standard InChI is InChI=1S/C25H31N5O3S/c1-18-10-11-22(15-19(18)2)34(32,33)29-13-6-8-21(17-29)25(31)28-12-5-7-20(16-28)24-27-26-23-9-3-4-14-30(23)24/h3-4,9-11,14-15,20-21H,5-8,12-13,16-17H2,1-2H3/t20-,21+/m1/s1. The molecule has 0 spiro atoms. The van der Waals surface area contributed by atoms with Crippen LogP contribution in [-0.2, 0) is 14.8 Å². The van der Waals surface area contributed by atoms with Crippen LogP contribution in [0.2, 0.25) is 0 Å². The van der Waals surface area contributed by atoms with Gasteiger partial charge in [-0.15, -0.1) is 10.2 Å². The second-order valence-electron chi connectivity index (χ2n) is 9.56. The van der Waals surface area contributed by atoms with E-state index < -0.39 is 10.0 Å². The highest BCUT2D eigenvalue weighted by atomic mass is 32.2. The van der Waals surface area contributed by atoms with Crippen molar-refractivity contribution in [2.75, 3.05) is 26.2 Å². The molecule has 34 heavy (non-hydrogen) atoms. The number of likely N-dealkylation sites (tertiary alicyclic amines) is 1. The van der Waals surface area contributed by atoms with Gasteiger partial charge in [-0.1, -0.05) is 12.1 Å². The predicted octanol–water partition coefficient (Wildman–Crippen LogP) is 3.15. The Morgan fingerprint density at radius 2 is 1.79 bits per heavy atom. The Kier molecular flexibility index (Phi) is 6.16. The summed E-state index contributed by atoms with van der Waals surface area (Å²) in [6.07, 6.45) is 5.22. The van der Waals surface area contributed by atoms with Gasteiger partial charge in [0.15, 0.2) is 5.65 Å². The van der Waals surface area contributed by atoms with Crippen LogP contribution in [0.4, 0.5) is 0 Å². The fourth-order valence-electron chi connectivity index (χ4n) is 5.17. The highest BCUT2D eigenvalue weighted by molar-refractivity contribution is 7.89. The predicted molar refractivity (Wildman–Crippen MR) is 129 cm³/mol. The van der Waals surface area contributed by atoms with Gasteiger partial charge in [0, 0.05) is 38.3 Å². The third-order valence-corrected chi connectivity index (χ3v) is 9.15. The van der Waals surface area contributed by atoms with Crippen molar-refractivity contribution in [2.45, 2.75) is 50.3 Å². The van der Waals surface area contributed by atoms with E-state index >= 15 is 0 Å². The Labute approximate surface area is 200 Å². The molecule has 8 nitrogen and oxygen atoms in total. The third-order valence-electron chi connectivity index (χ3n) is 7.29. The molecule has 1 aromatic carbocycles. The topological polar surface area (TPSA) is 87.9 Å². The quantitative estimate of drug-likeness (QED) is 0.571. The highest BCUT2D eigenvalue weighted by Gasteiger charge is 2.37. The highest BCUT2D eigenvalue weighted by Crippen LogP contribution is 2.30. The molecule has 9 heteroatoms. The van der Waals surface area contributed by atoms with Crippen LogP contribution in [0.15, 0.2) is 47.5 Å². The number of sulfonamides is 1. The van der Waals surface area contributed by atoms with Gasteiger partial charge in [0.2, 0.25) is 15.9 Å². The molecule has 2 saturated heterocycles. The zero-order chi connectivity index (χ0) is 23.9. The zero-order valence-electron chi connectivity index (χ0n) is 19.7. The largest absolute Gasteiger partial charge is 0.342 e. The smallest absolute Gasteiger partial charge is 0.243 e. The Bertz CT molecular complexity index is 1320. The molecule has 2 aliphatic heterocycles.